The summed E-state index contributed by atoms with van der Waals surface area (Å²) in [5, 5.41) is 2.02. The Kier molecular flexibility index (Phi) is 2.91. The van der Waals surface area contributed by atoms with E-state index >= 15 is 0 Å². The highest BCUT2D eigenvalue weighted by Gasteiger charge is 2.12. The highest BCUT2D eigenvalue weighted by atomic mass is 35.5. The van der Waals surface area contributed by atoms with E-state index in [4.69, 9.17) is 33.4 Å². The lowest BCUT2D eigenvalue weighted by Gasteiger charge is -2.02. The Morgan fingerprint density at radius 3 is 2.73 bits per heavy atom. The van der Waals surface area contributed by atoms with Gasteiger partial charge in [0.15, 0.2) is 0 Å². The third-order valence-corrected chi connectivity index (χ3v) is 2.91. The molecule has 1 atom stereocenters. The second-order valence-corrected chi connectivity index (χ2v) is 4.31. The van der Waals surface area contributed by atoms with Gasteiger partial charge in [0, 0.05) is 16.5 Å². The van der Waals surface area contributed by atoms with E-state index in [1.165, 1.54) is 0 Å². The molecule has 2 aromatic rings. The van der Waals surface area contributed by atoms with E-state index in [1.54, 1.807) is 12.1 Å². The molecule has 2 rings (SSSR count). The lowest BCUT2D eigenvalue weighted by atomic mass is 10.2. The van der Waals surface area contributed by atoms with E-state index in [0.29, 0.717) is 15.6 Å². The van der Waals surface area contributed by atoms with Crippen LogP contribution in [0, 0.1) is 0 Å². The van der Waals surface area contributed by atoms with Crippen LogP contribution in [0.25, 0.3) is 11.0 Å². The molecule has 80 valence electrons. The second-order valence-electron chi connectivity index (χ2n) is 3.46. The molecule has 4 heteroatoms. The van der Waals surface area contributed by atoms with Crippen LogP contribution in [0.4, 0.5) is 0 Å². The molecule has 0 radical (unpaired) electrons. The largest absolute Gasteiger partial charge is 0.459 e. The van der Waals surface area contributed by atoms with Crippen molar-refractivity contribution in [2.45, 2.75) is 19.4 Å². The molecule has 2 N–H and O–H groups in total. The lowest BCUT2D eigenvalue weighted by molar-refractivity contribution is 0.488. The standard InChI is InChI=1S/C11H11Cl2NO/c1-2-9(14)11-5-7-8(13)3-6(12)4-10(7)15-11/h3-5,9H,2,14H2,1H3. The number of halogens is 2. The normalized spacial score (nSPS) is 13.3. The first-order valence-corrected chi connectivity index (χ1v) is 5.51. The maximum atomic E-state index is 6.04. The van der Waals surface area contributed by atoms with Crippen LogP contribution in [0.1, 0.15) is 25.1 Å². The number of rotatable bonds is 2. The Morgan fingerprint density at radius 2 is 2.07 bits per heavy atom. The van der Waals surface area contributed by atoms with Crippen LogP contribution in [0.2, 0.25) is 10.0 Å². The molecule has 0 bridgehead atoms. The molecular formula is C11H11Cl2NO. The molecule has 0 aliphatic heterocycles. The van der Waals surface area contributed by atoms with Crippen molar-refractivity contribution >= 4 is 34.2 Å². The van der Waals surface area contributed by atoms with Crippen molar-refractivity contribution in [1.82, 2.24) is 0 Å². The van der Waals surface area contributed by atoms with Crippen molar-refractivity contribution in [3.8, 4) is 0 Å². The first kappa shape index (κ1) is 10.8. The molecule has 0 fully saturated rings. The van der Waals surface area contributed by atoms with Crippen molar-refractivity contribution in [3.05, 3.63) is 34.0 Å². The fraction of sp³-hybridized carbons (Fsp3) is 0.273. The van der Waals surface area contributed by atoms with Crippen LogP contribution < -0.4 is 5.73 Å². The average molecular weight is 244 g/mol. The van der Waals surface area contributed by atoms with Crippen molar-refractivity contribution in [3.63, 3.8) is 0 Å². The van der Waals surface area contributed by atoms with Gasteiger partial charge in [-0.25, -0.2) is 0 Å². The number of fused-ring (bicyclic) bond motifs is 1. The number of nitrogens with two attached hydrogens (primary N) is 1. The van der Waals surface area contributed by atoms with Gasteiger partial charge in [0.2, 0.25) is 0 Å². The third kappa shape index (κ3) is 1.98. The summed E-state index contributed by atoms with van der Waals surface area (Å²) in [7, 11) is 0. The van der Waals surface area contributed by atoms with Gasteiger partial charge in [-0.05, 0) is 18.6 Å². The monoisotopic (exact) mass is 243 g/mol. The first-order valence-electron chi connectivity index (χ1n) is 4.76. The third-order valence-electron chi connectivity index (χ3n) is 2.38. The zero-order valence-electron chi connectivity index (χ0n) is 8.26. The summed E-state index contributed by atoms with van der Waals surface area (Å²) < 4.78 is 5.59. The van der Waals surface area contributed by atoms with Crippen molar-refractivity contribution in [2.24, 2.45) is 5.73 Å². The average Bonchev–Trinajstić information content (AvgIpc) is 2.60. The topological polar surface area (TPSA) is 39.2 Å². The molecule has 0 saturated carbocycles. The number of benzene rings is 1. The minimum atomic E-state index is -0.0905. The summed E-state index contributed by atoms with van der Waals surface area (Å²) in [5.41, 5.74) is 6.56. The summed E-state index contributed by atoms with van der Waals surface area (Å²) >= 11 is 11.9. The Hall–Kier alpha value is -0.700. The fourth-order valence-electron chi connectivity index (χ4n) is 1.47. The Bertz CT molecular complexity index is 493. The van der Waals surface area contributed by atoms with E-state index in [-0.39, 0.29) is 6.04 Å². The smallest absolute Gasteiger partial charge is 0.137 e. The van der Waals surface area contributed by atoms with E-state index in [1.807, 2.05) is 13.0 Å². The zero-order chi connectivity index (χ0) is 11.0. The molecule has 0 aliphatic rings. The second kappa shape index (κ2) is 4.05. The molecule has 0 saturated heterocycles. The molecule has 0 aliphatic carbocycles. The molecule has 1 heterocycles. The van der Waals surface area contributed by atoms with Gasteiger partial charge in [0.25, 0.3) is 0 Å². The molecule has 1 aromatic carbocycles. The van der Waals surface area contributed by atoms with Crippen LogP contribution in [0.5, 0.6) is 0 Å². The summed E-state index contributed by atoms with van der Waals surface area (Å²) in [6.07, 6.45) is 0.825. The summed E-state index contributed by atoms with van der Waals surface area (Å²) in [4.78, 5) is 0. The molecular weight excluding hydrogens is 233 g/mol. The molecule has 1 aromatic heterocycles. The SMILES string of the molecule is CCC(N)c1cc2c(Cl)cc(Cl)cc2o1. The number of hydrogen-bond donors (Lipinski definition) is 1. The summed E-state index contributed by atoms with van der Waals surface area (Å²) in [6, 6.07) is 5.23. The maximum Gasteiger partial charge on any atom is 0.137 e. The minimum absolute atomic E-state index is 0.0905. The van der Waals surface area contributed by atoms with Gasteiger partial charge < -0.3 is 10.2 Å². The van der Waals surface area contributed by atoms with Gasteiger partial charge >= 0.3 is 0 Å². The highest BCUT2D eigenvalue weighted by Crippen LogP contribution is 2.32. The quantitative estimate of drug-likeness (QED) is 0.861. The molecule has 15 heavy (non-hydrogen) atoms. The Labute approximate surface area is 97.9 Å². The summed E-state index contributed by atoms with van der Waals surface area (Å²) in [6.45, 7) is 2.01. The Balaban J connectivity index is 2.60. The van der Waals surface area contributed by atoms with Gasteiger partial charge in [-0.2, -0.15) is 0 Å². The van der Waals surface area contributed by atoms with Crippen molar-refractivity contribution in [2.75, 3.05) is 0 Å². The van der Waals surface area contributed by atoms with Crippen LogP contribution in [0.3, 0.4) is 0 Å². The number of furan rings is 1. The van der Waals surface area contributed by atoms with E-state index in [2.05, 4.69) is 0 Å². The van der Waals surface area contributed by atoms with Crippen LogP contribution in [0.15, 0.2) is 22.6 Å². The van der Waals surface area contributed by atoms with Gasteiger partial charge in [-0.3, -0.25) is 0 Å². The summed E-state index contributed by atoms with van der Waals surface area (Å²) in [5.74, 6) is 0.747. The highest BCUT2D eigenvalue weighted by molar-refractivity contribution is 6.38. The molecule has 1 unspecified atom stereocenters. The lowest BCUT2D eigenvalue weighted by Crippen LogP contribution is -2.06. The van der Waals surface area contributed by atoms with E-state index in [0.717, 1.165) is 17.6 Å². The predicted octanol–water partition coefficient (Wildman–Crippen LogP) is 4.15. The Morgan fingerprint density at radius 1 is 1.33 bits per heavy atom. The van der Waals surface area contributed by atoms with Gasteiger partial charge in [-0.1, -0.05) is 30.1 Å². The fourth-order valence-corrected chi connectivity index (χ4v) is 2.00. The van der Waals surface area contributed by atoms with Gasteiger partial charge in [0.1, 0.15) is 11.3 Å². The van der Waals surface area contributed by atoms with Crippen LogP contribution >= 0.6 is 23.2 Å². The molecule has 2 nitrogen and oxygen atoms in total. The van der Waals surface area contributed by atoms with E-state index < -0.39 is 0 Å². The van der Waals surface area contributed by atoms with Crippen LogP contribution in [-0.2, 0) is 0 Å². The van der Waals surface area contributed by atoms with Gasteiger partial charge in [0.05, 0.1) is 11.1 Å². The van der Waals surface area contributed by atoms with Crippen molar-refractivity contribution < 1.29 is 4.42 Å². The minimum Gasteiger partial charge on any atom is -0.459 e. The maximum absolute atomic E-state index is 6.04. The number of hydrogen-bond acceptors (Lipinski definition) is 2. The van der Waals surface area contributed by atoms with Crippen LogP contribution in [-0.4, -0.2) is 0 Å². The van der Waals surface area contributed by atoms with E-state index in [9.17, 15) is 0 Å². The zero-order valence-corrected chi connectivity index (χ0v) is 9.77. The first-order chi connectivity index (χ1) is 7.11. The molecule has 0 spiro atoms. The van der Waals surface area contributed by atoms with Gasteiger partial charge in [-0.15, -0.1) is 0 Å². The molecule has 0 amide bonds. The predicted molar refractivity (Wildman–Crippen MR) is 63.5 cm³/mol. The van der Waals surface area contributed by atoms with Crippen molar-refractivity contribution in [1.29, 1.82) is 0 Å².